The van der Waals surface area contributed by atoms with Gasteiger partial charge >= 0.3 is 0 Å². The lowest BCUT2D eigenvalue weighted by molar-refractivity contribution is 0.0791. The minimum Gasteiger partial charge on any atom is -0.300 e. The van der Waals surface area contributed by atoms with Gasteiger partial charge in [-0.3, -0.25) is 0 Å². The van der Waals surface area contributed by atoms with Crippen molar-refractivity contribution in [2.75, 3.05) is 13.1 Å². The first-order chi connectivity index (χ1) is 9.92. The quantitative estimate of drug-likeness (QED) is 0.731. The summed E-state index contributed by atoms with van der Waals surface area (Å²) < 4.78 is 0. The lowest BCUT2D eigenvalue weighted by Gasteiger charge is -2.46. The van der Waals surface area contributed by atoms with E-state index in [1.165, 1.54) is 64.5 Å². The zero-order valence-electron chi connectivity index (χ0n) is 12.6. The Bertz CT molecular complexity index is 461. The van der Waals surface area contributed by atoms with E-state index in [1.807, 2.05) is 0 Å². The number of rotatable bonds is 1. The summed E-state index contributed by atoms with van der Waals surface area (Å²) in [7, 11) is 0. The topological polar surface area (TPSA) is 3.24 Å². The van der Waals surface area contributed by atoms with Gasteiger partial charge in [0.15, 0.2) is 0 Å². The van der Waals surface area contributed by atoms with Crippen LogP contribution >= 0.6 is 0 Å². The molecule has 4 rings (SSSR count). The highest BCUT2D eigenvalue weighted by Crippen LogP contribution is 2.42. The molecule has 2 aliphatic carbocycles. The predicted molar refractivity (Wildman–Crippen MR) is 84.1 cm³/mol. The summed E-state index contributed by atoms with van der Waals surface area (Å²) in [6.07, 6.45) is 11.5. The van der Waals surface area contributed by atoms with E-state index in [0.29, 0.717) is 0 Å². The van der Waals surface area contributed by atoms with Crippen LogP contribution in [0, 0.1) is 5.92 Å². The lowest BCUT2D eigenvalue weighted by Crippen LogP contribution is -2.47. The molecule has 1 heterocycles. The van der Waals surface area contributed by atoms with Crippen molar-refractivity contribution in [3.05, 3.63) is 35.4 Å². The second-order valence-electron chi connectivity index (χ2n) is 7.18. The molecule has 3 aliphatic rings. The maximum Gasteiger partial charge on any atom is 0.00953 e. The van der Waals surface area contributed by atoms with Crippen molar-refractivity contribution in [2.24, 2.45) is 5.92 Å². The van der Waals surface area contributed by atoms with E-state index in [9.17, 15) is 0 Å². The Balaban J connectivity index is 1.49. The van der Waals surface area contributed by atoms with E-state index in [1.54, 1.807) is 11.1 Å². The Morgan fingerprint density at radius 1 is 0.900 bits per heavy atom. The second-order valence-corrected chi connectivity index (χ2v) is 7.18. The summed E-state index contributed by atoms with van der Waals surface area (Å²) >= 11 is 0. The average molecular weight is 269 g/mol. The number of hydrogen-bond donors (Lipinski definition) is 0. The van der Waals surface area contributed by atoms with Gasteiger partial charge in [0, 0.05) is 12.6 Å². The molecule has 1 aliphatic heterocycles. The molecular formula is C19H27N. The number of fused-ring (bicyclic) bond motifs is 3. The fourth-order valence-corrected chi connectivity index (χ4v) is 5.00. The number of aryl methyl sites for hydroxylation is 1. The Kier molecular flexibility index (Phi) is 3.56. The molecule has 0 radical (unpaired) electrons. The second kappa shape index (κ2) is 5.52. The van der Waals surface area contributed by atoms with Gasteiger partial charge < -0.3 is 4.90 Å². The molecule has 20 heavy (non-hydrogen) atoms. The summed E-state index contributed by atoms with van der Waals surface area (Å²) in [6.45, 7) is 2.73. The van der Waals surface area contributed by atoms with E-state index < -0.39 is 0 Å². The van der Waals surface area contributed by atoms with Crippen molar-refractivity contribution in [3.8, 4) is 0 Å². The van der Waals surface area contributed by atoms with E-state index in [-0.39, 0.29) is 0 Å². The van der Waals surface area contributed by atoms with Crippen LogP contribution in [0.3, 0.4) is 0 Å². The number of hydrogen-bond acceptors (Lipinski definition) is 1. The molecule has 0 unspecified atom stereocenters. The highest BCUT2D eigenvalue weighted by atomic mass is 15.2. The molecule has 108 valence electrons. The van der Waals surface area contributed by atoms with Crippen LogP contribution in [0.15, 0.2) is 24.3 Å². The Hall–Kier alpha value is -0.820. The molecular weight excluding hydrogens is 242 g/mol. The third-order valence-corrected chi connectivity index (χ3v) is 6.10. The van der Waals surface area contributed by atoms with Gasteiger partial charge in [0.2, 0.25) is 0 Å². The standard InChI is InChI=1S/C19H27N/c1-2-7-17(8-3-1)20-13-12-19-16(14-20)11-10-15-6-4-5-9-18(15)19/h4-6,9,16-17,19H,1-3,7-8,10-14H2/t16-,19-/m1/s1. The molecule has 1 aromatic rings. The van der Waals surface area contributed by atoms with Gasteiger partial charge in [0.05, 0.1) is 0 Å². The molecule has 0 bridgehead atoms. The Morgan fingerprint density at radius 3 is 2.65 bits per heavy atom. The van der Waals surface area contributed by atoms with Crippen LogP contribution in [-0.4, -0.2) is 24.0 Å². The first-order valence-electron chi connectivity index (χ1n) is 8.73. The molecule has 1 aromatic carbocycles. The maximum atomic E-state index is 2.86. The molecule has 0 amide bonds. The van der Waals surface area contributed by atoms with Crippen LogP contribution in [0.25, 0.3) is 0 Å². The summed E-state index contributed by atoms with van der Waals surface area (Å²) in [4.78, 5) is 2.86. The van der Waals surface area contributed by atoms with Crippen molar-refractivity contribution in [2.45, 2.75) is 63.3 Å². The predicted octanol–water partition coefficient (Wildman–Crippen LogP) is 4.37. The van der Waals surface area contributed by atoms with Crippen LogP contribution in [0.4, 0.5) is 0 Å². The van der Waals surface area contributed by atoms with E-state index >= 15 is 0 Å². The number of piperidine rings is 1. The molecule has 1 nitrogen and oxygen atoms in total. The van der Waals surface area contributed by atoms with Gasteiger partial charge in [0.1, 0.15) is 0 Å². The molecule has 0 spiro atoms. The van der Waals surface area contributed by atoms with Gasteiger partial charge in [-0.1, -0.05) is 43.5 Å². The summed E-state index contributed by atoms with van der Waals surface area (Å²) in [6, 6.07) is 10.1. The molecule has 2 fully saturated rings. The van der Waals surface area contributed by atoms with E-state index in [0.717, 1.165) is 17.9 Å². The monoisotopic (exact) mass is 269 g/mol. The maximum absolute atomic E-state index is 2.86. The summed E-state index contributed by atoms with van der Waals surface area (Å²) in [5, 5.41) is 0. The molecule has 1 heteroatoms. The summed E-state index contributed by atoms with van der Waals surface area (Å²) in [5.41, 5.74) is 3.33. The minimum atomic E-state index is 0.861. The number of benzene rings is 1. The van der Waals surface area contributed by atoms with Crippen molar-refractivity contribution < 1.29 is 0 Å². The van der Waals surface area contributed by atoms with E-state index in [4.69, 9.17) is 0 Å². The molecule has 1 saturated carbocycles. The first kappa shape index (κ1) is 12.9. The van der Waals surface area contributed by atoms with Gasteiger partial charge in [-0.25, -0.2) is 0 Å². The van der Waals surface area contributed by atoms with E-state index in [2.05, 4.69) is 29.2 Å². The lowest BCUT2D eigenvalue weighted by atomic mass is 9.71. The van der Waals surface area contributed by atoms with Crippen LogP contribution < -0.4 is 0 Å². The van der Waals surface area contributed by atoms with Crippen LogP contribution in [0.5, 0.6) is 0 Å². The third kappa shape index (κ3) is 2.30. The van der Waals surface area contributed by atoms with Crippen molar-refractivity contribution in [1.29, 1.82) is 0 Å². The van der Waals surface area contributed by atoms with Crippen molar-refractivity contribution >= 4 is 0 Å². The molecule has 0 N–H and O–H groups in total. The smallest absolute Gasteiger partial charge is 0.00953 e. The fraction of sp³-hybridized carbons (Fsp3) is 0.684. The molecule has 1 saturated heterocycles. The van der Waals surface area contributed by atoms with Crippen LogP contribution in [0.1, 0.15) is 62.0 Å². The van der Waals surface area contributed by atoms with Gasteiger partial charge in [0.25, 0.3) is 0 Å². The van der Waals surface area contributed by atoms with Gasteiger partial charge in [-0.2, -0.15) is 0 Å². The van der Waals surface area contributed by atoms with Crippen LogP contribution in [-0.2, 0) is 6.42 Å². The van der Waals surface area contributed by atoms with Crippen molar-refractivity contribution in [1.82, 2.24) is 4.90 Å². The Labute approximate surface area is 123 Å². The SMILES string of the molecule is c1ccc2c(c1)CC[C@@H]1CN(C3CCCCC3)CC[C@@H]21. The average Bonchev–Trinajstić information content (AvgIpc) is 2.55. The van der Waals surface area contributed by atoms with Gasteiger partial charge in [-0.05, 0) is 61.6 Å². The molecule has 0 aromatic heterocycles. The fourth-order valence-electron chi connectivity index (χ4n) is 5.00. The number of likely N-dealkylation sites (tertiary alicyclic amines) is 1. The first-order valence-corrected chi connectivity index (χ1v) is 8.73. The number of nitrogens with zero attached hydrogens (tertiary/aromatic N) is 1. The highest BCUT2D eigenvalue weighted by Gasteiger charge is 2.36. The van der Waals surface area contributed by atoms with Gasteiger partial charge in [-0.15, -0.1) is 0 Å². The zero-order valence-corrected chi connectivity index (χ0v) is 12.6. The normalized spacial score (nSPS) is 31.6. The van der Waals surface area contributed by atoms with Crippen molar-refractivity contribution in [3.63, 3.8) is 0 Å². The minimum absolute atomic E-state index is 0.861. The largest absolute Gasteiger partial charge is 0.300 e. The third-order valence-electron chi connectivity index (χ3n) is 6.10. The zero-order chi connectivity index (χ0) is 13.4. The summed E-state index contributed by atoms with van der Waals surface area (Å²) in [5.74, 6) is 1.79. The molecule has 2 atom stereocenters. The van der Waals surface area contributed by atoms with Crippen LogP contribution in [0.2, 0.25) is 0 Å². The highest BCUT2D eigenvalue weighted by molar-refractivity contribution is 5.34. The Morgan fingerprint density at radius 2 is 1.75 bits per heavy atom.